The van der Waals surface area contributed by atoms with Gasteiger partial charge in [-0.05, 0) is 0 Å². The van der Waals surface area contributed by atoms with E-state index in [4.69, 9.17) is 9.29 Å². The van der Waals surface area contributed by atoms with E-state index in [2.05, 4.69) is 128 Å². The summed E-state index contributed by atoms with van der Waals surface area (Å²) < 4.78 is 13.4. The van der Waals surface area contributed by atoms with Crippen LogP contribution in [0.5, 0.6) is 0 Å². The average molecular weight is 472 g/mol. The van der Waals surface area contributed by atoms with E-state index in [0.29, 0.717) is 0 Å². The molecular formula is C32H26NOP. The summed E-state index contributed by atoms with van der Waals surface area (Å²) in [4.78, 5) is 0. The minimum absolute atomic E-state index is 0.845. The topological polar surface area (TPSA) is 21.6 Å². The molecule has 170 valence electrons. The van der Waals surface area contributed by atoms with Crippen molar-refractivity contribution in [3.63, 3.8) is 0 Å². The molecule has 0 radical (unpaired) electrons. The van der Waals surface area contributed by atoms with E-state index < -0.39 is 12.6 Å². The molecule has 0 amide bonds. The van der Waals surface area contributed by atoms with Crippen molar-refractivity contribution in [3.8, 4) is 0 Å². The van der Waals surface area contributed by atoms with Crippen molar-refractivity contribution < 1.29 is 4.52 Å². The molecule has 1 heterocycles. The Morgan fingerprint density at radius 2 is 0.743 bits per heavy atom. The number of benzene rings is 5. The van der Waals surface area contributed by atoms with Crippen molar-refractivity contribution in [2.24, 2.45) is 4.76 Å². The van der Waals surface area contributed by atoms with Gasteiger partial charge in [-0.25, -0.2) is 0 Å². The molecule has 5 aromatic carbocycles. The Bertz CT molecular complexity index is 1310. The van der Waals surface area contributed by atoms with E-state index in [1.807, 2.05) is 30.3 Å². The van der Waals surface area contributed by atoms with Crippen LogP contribution in [0.2, 0.25) is 0 Å². The summed E-state index contributed by atoms with van der Waals surface area (Å²) in [7, 11) is 0. The summed E-state index contributed by atoms with van der Waals surface area (Å²) in [5, 5.41) is 3.25. The maximum absolute atomic E-state index is 7.76. The summed E-state index contributed by atoms with van der Waals surface area (Å²) in [5.41, 5.74) is 1.27. The first-order valence-electron chi connectivity index (χ1n) is 11.9. The summed E-state index contributed by atoms with van der Waals surface area (Å²) in [5.74, 6) is 0. The van der Waals surface area contributed by atoms with Gasteiger partial charge >= 0.3 is 207 Å². The van der Waals surface area contributed by atoms with Crippen molar-refractivity contribution in [1.82, 2.24) is 0 Å². The molecular weight excluding hydrogens is 445 g/mol. The second-order valence-corrected chi connectivity index (χ2v) is 12.7. The molecule has 0 N–H and O–H groups in total. The number of hydrogen-bond acceptors (Lipinski definition) is 2. The van der Waals surface area contributed by atoms with E-state index >= 15 is 0 Å². The van der Waals surface area contributed by atoms with Gasteiger partial charge in [0.15, 0.2) is 0 Å². The first-order chi connectivity index (χ1) is 17.3. The SMILES string of the molecule is C1=NP(c2ccccc2)(c2ccccc2)(c2ccccc2)OC1(c1ccccc1)c1ccccc1. The summed E-state index contributed by atoms with van der Waals surface area (Å²) >= 11 is 0. The minimum atomic E-state index is -3.77. The van der Waals surface area contributed by atoms with E-state index in [-0.39, 0.29) is 0 Å². The molecule has 0 saturated carbocycles. The summed E-state index contributed by atoms with van der Waals surface area (Å²) in [6.07, 6.45) is 2.06. The van der Waals surface area contributed by atoms with Crippen LogP contribution in [0, 0.1) is 0 Å². The Labute approximate surface area is 206 Å². The van der Waals surface area contributed by atoms with Gasteiger partial charge in [0.2, 0.25) is 0 Å². The molecule has 35 heavy (non-hydrogen) atoms. The number of rotatable bonds is 5. The van der Waals surface area contributed by atoms with Crippen LogP contribution >= 0.6 is 6.98 Å². The van der Waals surface area contributed by atoms with Gasteiger partial charge in [0, 0.05) is 0 Å². The Balaban J connectivity index is 1.75. The summed E-state index contributed by atoms with van der Waals surface area (Å²) in [6, 6.07) is 52.5. The molecule has 2 nitrogen and oxygen atoms in total. The van der Waals surface area contributed by atoms with Gasteiger partial charge in [0.25, 0.3) is 0 Å². The van der Waals surface area contributed by atoms with Gasteiger partial charge in [0.1, 0.15) is 0 Å². The first-order valence-corrected chi connectivity index (χ1v) is 14.0. The number of hydrogen-bond donors (Lipinski definition) is 0. The zero-order chi connectivity index (χ0) is 23.6. The molecule has 3 heteroatoms. The van der Waals surface area contributed by atoms with Crippen molar-refractivity contribution in [3.05, 3.63) is 163 Å². The van der Waals surface area contributed by atoms with Gasteiger partial charge in [-0.2, -0.15) is 0 Å². The molecule has 0 spiro atoms. The molecule has 0 atom stereocenters. The van der Waals surface area contributed by atoms with Crippen molar-refractivity contribution >= 4 is 29.1 Å². The van der Waals surface area contributed by atoms with Gasteiger partial charge in [-0.15, -0.1) is 0 Å². The van der Waals surface area contributed by atoms with E-state index in [0.717, 1.165) is 27.0 Å². The molecule has 5 aromatic rings. The molecule has 0 aliphatic carbocycles. The Morgan fingerprint density at radius 1 is 0.429 bits per heavy atom. The van der Waals surface area contributed by atoms with Crippen LogP contribution in [0.15, 0.2) is 156 Å². The Hall–Kier alpha value is -3.84. The molecule has 0 unspecified atom stereocenters. The normalized spacial score (nSPS) is 18.3. The second kappa shape index (κ2) is 8.43. The van der Waals surface area contributed by atoms with Crippen LogP contribution in [-0.2, 0) is 10.1 Å². The molecule has 6 rings (SSSR count). The predicted octanol–water partition coefficient (Wildman–Crippen LogP) is 6.39. The molecule has 1 aliphatic heterocycles. The zero-order valence-corrected chi connectivity index (χ0v) is 20.2. The average Bonchev–Trinajstić information content (AvgIpc) is 3.36. The molecule has 0 fully saturated rings. The quantitative estimate of drug-likeness (QED) is 0.272. The van der Waals surface area contributed by atoms with Gasteiger partial charge < -0.3 is 0 Å². The van der Waals surface area contributed by atoms with Crippen LogP contribution in [0.1, 0.15) is 11.1 Å². The third-order valence-electron chi connectivity index (χ3n) is 6.89. The van der Waals surface area contributed by atoms with Crippen molar-refractivity contribution in [1.29, 1.82) is 0 Å². The predicted molar refractivity (Wildman–Crippen MR) is 148 cm³/mol. The summed E-state index contributed by atoms with van der Waals surface area (Å²) in [6.45, 7) is -3.77. The number of nitrogens with zero attached hydrogens (tertiary/aromatic N) is 1. The molecule has 0 saturated heterocycles. The molecule has 0 aromatic heterocycles. The van der Waals surface area contributed by atoms with Crippen LogP contribution in [-0.4, -0.2) is 6.21 Å². The van der Waals surface area contributed by atoms with Crippen LogP contribution < -0.4 is 15.9 Å². The van der Waals surface area contributed by atoms with Crippen LogP contribution in [0.3, 0.4) is 0 Å². The molecule has 0 bridgehead atoms. The van der Waals surface area contributed by atoms with Gasteiger partial charge in [-0.3, -0.25) is 0 Å². The fourth-order valence-electron chi connectivity index (χ4n) is 5.23. The van der Waals surface area contributed by atoms with E-state index in [1.54, 1.807) is 0 Å². The maximum atomic E-state index is 7.76. The second-order valence-electron chi connectivity index (χ2n) is 8.80. The van der Waals surface area contributed by atoms with Crippen molar-refractivity contribution in [2.45, 2.75) is 5.60 Å². The first kappa shape index (κ1) is 21.7. The standard InChI is InChI=1S/C32H26NOP/c1-6-16-27(17-7-1)32(28-18-8-2-9-19-28)26-33-35(34-32,29-20-10-3-11-21-29,30-22-12-4-13-23-30)31-24-14-5-15-25-31/h1-26H. The van der Waals surface area contributed by atoms with Crippen molar-refractivity contribution in [2.75, 3.05) is 0 Å². The van der Waals surface area contributed by atoms with Gasteiger partial charge in [0.05, 0.1) is 0 Å². The molecule has 1 aliphatic rings. The third kappa shape index (κ3) is 3.15. The fourth-order valence-corrected chi connectivity index (χ4v) is 10.3. The fraction of sp³-hybridized carbons (Fsp3) is 0.0312. The van der Waals surface area contributed by atoms with E-state index in [9.17, 15) is 0 Å². The zero-order valence-electron chi connectivity index (χ0n) is 19.3. The monoisotopic (exact) mass is 471 g/mol. The van der Waals surface area contributed by atoms with Crippen LogP contribution in [0.4, 0.5) is 0 Å². The Kier molecular flexibility index (Phi) is 5.22. The van der Waals surface area contributed by atoms with Gasteiger partial charge in [-0.1, -0.05) is 0 Å². The van der Waals surface area contributed by atoms with E-state index in [1.165, 1.54) is 0 Å². The Morgan fingerprint density at radius 3 is 1.09 bits per heavy atom. The third-order valence-corrected chi connectivity index (χ3v) is 11.9. The van der Waals surface area contributed by atoms with Crippen LogP contribution in [0.25, 0.3) is 0 Å².